The number of fused-ring (bicyclic) bond motifs is 1. The fourth-order valence-electron chi connectivity index (χ4n) is 2.92. The van der Waals surface area contributed by atoms with Crippen LogP contribution < -0.4 is 9.47 Å². The van der Waals surface area contributed by atoms with Crippen LogP contribution >= 0.6 is 11.6 Å². The molecule has 0 bridgehead atoms. The van der Waals surface area contributed by atoms with Gasteiger partial charge in [-0.25, -0.2) is 4.79 Å². The maximum atomic E-state index is 12.5. The van der Waals surface area contributed by atoms with Gasteiger partial charge in [0.2, 0.25) is 5.78 Å². The molecule has 1 aliphatic heterocycles. The fraction of sp³-hybridized carbons (Fsp3) is 0.0435. The summed E-state index contributed by atoms with van der Waals surface area (Å²) in [5.74, 6) is 0.156. The van der Waals surface area contributed by atoms with E-state index in [1.54, 1.807) is 60.7 Å². The van der Waals surface area contributed by atoms with Gasteiger partial charge in [-0.05, 0) is 55.0 Å². The van der Waals surface area contributed by atoms with Crippen LogP contribution in [0.5, 0.6) is 11.5 Å². The van der Waals surface area contributed by atoms with Crippen molar-refractivity contribution in [2.45, 2.75) is 6.92 Å². The second-order valence-corrected chi connectivity index (χ2v) is 6.85. The Kier molecular flexibility index (Phi) is 4.72. The highest BCUT2D eigenvalue weighted by molar-refractivity contribution is 6.30. The van der Waals surface area contributed by atoms with E-state index in [0.29, 0.717) is 27.6 Å². The number of carbonyl (C=O) groups excluding carboxylic acids is 2. The number of ketones is 1. The minimum Gasteiger partial charge on any atom is -0.452 e. The number of esters is 1. The van der Waals surface area contributed by atoms with Crippen LogP contribution in [0, 0.1) is 6.92 Å². The van der Waals surface area contributed by atoms with E-state index in [4.69, 9.17) is 21.1 Å². The van der Waals surface area contributed by atoms with Gasteiger partial charge in [-0.15, -0.1) is 0 Å². The van der Waals surface area contributed by atoms with Crippen molar-refractivity contribution in [2.75, 3.05) is 0 Å². The number of Topliss-reactive ketones (excluding diaryl/α,β-unsaturated/α-hetero) is 1. The minimum atomic E-state index is -0.470. The zero-order valence-electron chi connectivity index (χ0n) is 14.9. The van der Waals surface area contributed by atoms with Gasteiger partial charge < -0.3 is 9.47 Å². The lowest BCUT2D eigenvalue weighted by atomic mass is 10.1. The molecule has 0 saturated heterocycles. The summed E-state index contributed by atoms with van der Waals surface area (Å²) < 4.78 is 11.1. The number of hydrogen-bond donors (Lipinski definition) is 0. The minimum absolute atomic E-state index is 0.194. The average molecular weight is 391 g/mol. The maximum absolute atomic E-state index is 12.5. The lowest BCUT2D eigenvalue weighted by Crippen LogP contribution is -2.08. The molecule has 1 heterocycles. The molecule has 0 unspecified atom stereocenters. The first kappa shape index (κ1) is 18.0. The molecule has 0 amide bonds. The second kappa shape index (κ2) is 7.33. The molecule has 0 atom stereocenters. The summed E-state index contributed by atoms with van der Waals surface area (Å²) in [6.45, 7) is 1.90. The molecular formula is C23H15ClO4. The smallest absolute Gasteiger partial charge is 0.343 e. The Morgan fingerprint density at radius 3 is 2.64 bits per heavy atom. The summed E-state index contributed by atoms with van der Waals surface area (Å²) in [4.78, 5) is 24.9. The van der Waals surface area contributed by atoms with Crippen molar-refractivity contribution in [3.63, 3.8) is 0 Å². The van der Waals surface area contributed by atoms with E-state index in [1.807, 2.05) is 19.1 Å². The monoisotopic (exact) mass is 390 g/mol. The van der Waals surface area contributed by atoms with Gasteiger partial charge in [-0.3, -0.25) is 4.79 Å². The van der Waals surface area contributed by atoms with Crippen LogP contribution in [-0.2, 0) is 0 Å². The highest BCUT2D eigenvalue weighted by Crippen LogP contribution is 2.35. The predicted octanol–water partition coefficient (Wildman–Crippen LogP) is 5.48. The SMILES string of the molecule is Cc1cccc(C(=O)Oc2ccc3c(c2)O/C(=C\c2cccc(Cl)c2)C3=O)c1. The lowest BCUT2D eigenvalue weighted by molar-refractivity contribution is 0.0734. The molecule has 1 aliphatic rings. The van der Waals surface area contributed by atoms with Crippen LogP contribution in [0.25, 0.3) is 6.08 Å². The quantitative estimate of drug-likeness (QED) is 0.337. The number of aryl methyl sites for hydroxylation is 1. The molecule has 0 radical (unpaired) electrons. The first-order valence-electron chi connectivity index (χ1n) is 8.62. The third-order valence-electron chi connectivity index (χ3n) is 4.25. The van der Waals surface area contributed by atoms with E-state index in [-0.39, 0.29) is 11.5 Å². The molecule has 0 aromatic heterocycles. The summed E-state index contributed by atoms with van der Waals surface area (Å²) in [5, 5.41) is 0.572. The van der Waals surface area contributed by atoms with E-state index < -0.39 is 5.97 Å². The van der Waals surface area contributed by atoms with Gasteiger partial charge in [0, 0.05) is 11.1 Å². The van der Waals surface area contributed by atoms with Crippen LogP contribution in [0.1, 0.15) is 31.8 Å². The van der Waals surface area contributed by atoms with Gasteiger partial charge in [0.1, 0.15) is 11.5 Å². The summed E-state index contributed by atoms with van der Waals surface area (Å²) in [7, 11) is 0. The largest absolute Gasteiger partial charge is 0.452 e. The third-order valence-corrected chi connectivity index (χ3v) is 4.49. The molecule has 0 fully saturated rings. The van der Waals surface area contributed by atoms with Crippen LogP contribution in [0.3, 0.4) is 0 Å². The number of rotatable bonds is 3. The molecule has 0 spiro atoms. The molecule has 0 N–H and O–H groups in total. The van der Waals surface area contributed by atoms with E-state index >= 15 is 0 Å². The predicted molar refractivity (Wildman–Crippen MR) is 107 cm³/mol. The molecular weight excluding hydrogens is 376 g/mol. The molecule has 5 heteroatoms. The standard InChI is InChI=1S/C23H15ClO4/c1-14-4-2-6-16(10-14)23(26)27-18-8-9-19-20(13-18)28-21(22(19)25)12-15-5-3-7-17(24)11-15/h2-13H,1H3/b21-12-. The van der Waals surface area contributed by atoms with Gasteiger partial charge in [-0.1, -0.05) is 41.4 Å². The highest BCUT2D eigenvalue weighted by atomic mass is 35.5. The third kappa shape index (κ3) is 3.68. The molecule has 0 aliphatic carbocycles. The topological polar surface area (TPSA) is 52.6 Å². The Hall–Kier alpha value is -3.37. The molecule has 4 nitrogen and oxygen atoms in total. The van der Waals surface area contributed by atoms with Gasteiger partial charge in [0.15, 0.2) is 5.76 Å². The van der Waals surface area contributed by atoms with Crippen molar-refractivity contribution in [1.82, 2.24) is 0 Å². The number of ether oxygens (including phenoxy) is 2. The first-order valence-corrected chi connectivity index (χ1v) is 9.00. The van der Waals surface area contributed by atoms with Crippen molar-refractivity contribution >= 4 is 29.4 Å². The van der Waals surface area contributed by atoms with Crippen molar-refractivity contribution in [1.29, 1.82) is 0 Å². The Morgan fingerprint density at radius 1 is 1.04 bits per heavy atom. The highest BCUT2D eigenvalue weighted by Gasteiger charge is 2.28. The fourth-order valence-corrected chi connectivity index (χ4v) is 3.12. The van der Waals surface area contributed by atoms with Crippen LogP contribution in [-0.4, -0.2) is 11.8 Å². The van der Waals surface area contributed by atoms with E-state index in [1.165, 1.54) is 0 Å². The molecule has 4 rings (SSSR count). The first-order chi connectivity index (χ1) is 13.5. The molecule has 138 valence electrons. The zero-order chi connectivity index (χ0) is 19.7. The van der Waals surface area contributed by atoms with Gasteiger partial charge in [-0.2, -0.15) is 0 Å². The Balaban J connectivity index is 1.56. The Morgan fingerprint density at radius 2 is 1.86 bits per heavy atom. The Bertz CT molecular complexity index is 1130. The molecule has 3 aromatic rings. The number of halogens is 1. The van der Waals surface area contributed by atoms with E-state index in [0.717, 1.165) is 11.1 Å². The van der Waals surface area contributed by atoms with Crippen LogP contribution in [0.4, 0.5) is 0 Å². The molecule has 28 heavy (non-hydrogen) atoms. The van der Waals surface area contributed by atoms with Crippen molar-refractivity contribution < 1.29 is 19.1 Å². The number of hydrogen-bond acceptors (Lipinski definition) is 4. The lowest BCUT2D eigenvalue weighted by Gasteiger charge is -2.06. The van der Waals surface area contributed by atoms with E-state index in [9.17, 15) is 9.59 Å². The molecule has 3 aromatic carbocycles. The number of benzene rings is 3. The normalized spacial score (nSPS) is 13.9. The Labute approximate surface area is 167 Å². The molecule has 0 saturated carbocycles. The summed E-state index contributed by atoms with van der Waals surface area (Å²) >= 11 is 5.98. The average Bonchev–Trinajstić information content (AvgIpc) is 2.97. The van der Waals surface area contributed by atoms with Crippen LogP contribution in [0.2, 0.25) is 5.02 Å². The van der Waals surface area contributed by atoms with Crippen LogP contribution in [0.15, 0.2) is 72.5 Å². The van der Waals surface area contributed by atoms with Gasteiger partial charge in [0.05, 0.1) is 11.1 Å². The van der Waals surface area contributed by atoms with Crippen molar-refractivity contribution in [3.8, 4) is 11.5 Å². The summed E-state index contributed by atoms with van der Waals surface area (Å²) in [6, 6.07) is 19.0. The zero-order valence-corrected chi connectivity index (χ0v) is 15.7. The second-order valence-electron chi connectivity index (χ2n) is 6.41. The van der Waals surface area contributed by atoms with Gasteiger partial charge in [0.25, 0.3) is 0 Å². The summed E-state index contributed by atoms with van der Waals surface area (Å²) in [5.41, 5.74) is 2.60. The van der Waals surface area contributed by atoms with E-state index in [2.05, 4.69) is 0 Å². The number of carbonyl (C=O) groups is 2. The van der Waals surface area contributed by atoms with Gasteiger partial charge >= 0.3 is 5.97 Å². The van der Waals surface area contributed by atoms with Crippen molar-refractivity contribution in [2.24, 2.45) is 0 Å². The van der Waals surface area contributed by atoms with Crippen molar-refractivity contribution in [3.05, 3.63) is 99.8 Å². The maximum Gasteiger partial charge on any atom is 0.343 e. The number of allylic oxidation sites excluding steroid dienone is 1. The summed E-state index contributed by atoms with van der Waals surface area (Å²) in [6.07, 6.45) is 1.63.